The summed E-state index contributed by atoms with van der Waals surface area (Å²) < 4.78 is 0. The number of amides is 1. The fraction of sp³-hybridized carbons (Fsp3) is 0.417. The third-order valence-electron chi connectivity index (χ3n) is 2.73. The van der Waals surface area contributed by atoms with Gasteiger partial charge in [0.1, 0.15) is 0 Å². The monoisotopic (exact) mass is 217 g/mol. The number of hydrogen-bond donors (Lipinski definition) is 0. The molecule has 1 aromatic heterocycles. The molecule has 4 nitrogen and oxygen atoms in total. The maximum absolute atomic E-state index is 11.7. The molecule has 0 spiro atoms. The van der Waals surface area contributed by atoms with E-state index in [-0.39, 0.29) is 11.8 Å². The lowest BCUT2D eigenvalue weighted by atomic mass is 9.97. The molecular formula is C12H15N3O. The molecule has 0 saturated carbocycles. The highest BCUT2D eigenvalue weighted by atomic mass is 16.2. The fourth-order valence-corrected chi connectivity index (χ4v) is 1.81. The summed E-state index contributed by atoms with van der Waals surface area (Å²) in [6.45, 7) is 4.50. The molecule has 4 heteroatoms. The number of carbonyl (C=O) groups excluding carboxylic acids is 1. The van der Waals surface area contributed by atoms with Gasteiger partial charge in [-0.15, -0.1) is 0 Å². The molecule has 1 aliphatic heterocycles. The Bertz CT molecular complexity index is 414. The smallest absolute Gasteiger partial charge is 0.245 e. The van der Waals surface area contributed by atoms with Crippen LogP contribution in [-0.4, -0.2) is 28.2 Å². The third kappa shape index (κ3) is 1.96. The van der Waals surface area contributed by atoms with Crippen molar-refractivity contribution in [3.05, 3.63) is 30.1 Å². The van der Waals surface area contributed by atoms with Gasteiger partial charge in [-0.1, -0.05) is 6.92 Å². The van der Waals surface area contributed by atoms with Gasteiger partial charge in [0, 0.05) is 36.8 Å². The van der Waals surface area contributed by atoms with E-state index in [1.54, 1.807) is 17.4 Å². The third-order valence-corrected chi connectivity index (χ3v) is 2.73. The van der Waals surface area contributed by atoms with Gasteiger partial charge in [-0.05, 0) is 19.1 Å². The van der Waals surface area contributed by atoms with Crippen LogP contribution in [0.25, 0.3) is 0 Å². The van der Waals surface area contributed by atoms with E-state index >= 15 is 0 Å². The zero-order chi connectivity index (χ0) is 11.5. The van der Waals surface area contributed by atoms with Crippen LogP contribution in [0, 0.1) is 5.92 Å². The van der Waals surface area contributed by atoms with E-state index in [0.29, 0.717) is 13.0 Å². The summed E-state index contributed by atoms with van der Waals surface area (Å²) in [6.07, 6.45) is 4.20. The molecule has 2 rings (SSSR count). The van der Waals surface area contributed by atoms with Gasteiger partial charge in [-0.25, -0.2) is 5.01 Å². The minimum atomic E-state index is 0.0145. The van der Waals surface area contributed by atoms with Crippen molar-refractivity contribution in [2.24, 2.45) is 11.0 Å². The topological polar surface area (TPSA) is 45.6 Å². The van der Waals surface area contributed by atoms with Gasteiger partial charge in [-0.2, -0.15) is 5.10 Å². The first kappa shape index (κ1) is 10.8. The molecular weight excluding hydrogens is 202 g/mol. The second-order valence-corrected chi connectivity index (χ2v) is 3.94. The van der Waals surface area contributed by atoms with E-state index in [9.17, 15) is 4.79 Å². The van der Waals surface area contributed by atoms with Crippen LogP contribution in [0.15, 0.2) is 29.6 Å². The van der Waals surface area contributed by atoms with Gasteiger partial charge in [-0.3, -0.25) is 9.78 Å². The number of aromatic nitrogens is 1. The Labute approximate surface area is 95.0 Å². The minimum absolute atomic E-state index is 0.0145. The summed E-state index contributed by atoms with van der Waals surface area (Å²) in [5.41, 5.74) is 2.02. The van der Waals surface area contributed by atoms with Crippen molar-refractivity contribution in [3.63, 3.8) is 0 Å². The minimum Gasteiger partial charge on any atom is -0.273 e. The van der Waals surface area contributed by atoms with Crippen molar-refractivity contribution in [1.29, 1.82) is 0 Å². The fourth-order valence-electron chi connectivity index (χ4n) is 1.81. The lowest BCUT2D eigenvalue weighted by Gasteiger charge is -2.26. The average Bonchev–Trinajstić information content (AvgIpc) is 2.33. The molecule has 0 aliphatic carbocycles. The van der Waals surface area contributed by atoms with Crippen molar-refractivity contribution in [3.8, 4) is 0 Å². The molecule has 1 amide bonds. The second-order valence-electron chi connectivity index (χ2n) is 3.94. The molecule has 0 fully saturated rings. The quantitative estimate of drug-likeness (QED) is 0.756. The number of hydrazone groups is 1. The summed E-state index contributed by atoms with van der Waals surface area (Å²) in [6, 6.07) is 3.85. The number of pyridine rings is 1. The summed E-state index contributed by atoms with van der Waals surface area (Å²) in [7, 11) is 0. The van der Waals surface area contributed by atoms with Crippen molar-refractivity contribution >= 4 is 11.6 Å². The van der Waals surface area contributed by atoms with E-state index < -0.39 is 0 Å². The van der Waals surface area contributed by atoms with Crippen LogP contribution in [0.4, 0.5) is 0 Å². The van der Waals surface area contributed by atoms with Gasteiger partial charge in [0.25, 0.3) is 0 Å². The van der Waals surface area contributed by atoms with E-state index in [4.69, 9.17) is 0 Å². The van der Waals surface area contributed by atoms with Crippen LogP contribution in [0.5, 0.6) is 0 Å². The predicted molar refractivity (Wildman–Crippen MR) is 61.9 cm³/mol. The maximum atomic E-state index is 11.7. The van der Waals surface area contributed by atoms with Crippen LogP contribution in [-0.2, 0) is 4.79 Å². The van der Waals surface area contributed by atoms with Gasteiger partial charge in [0.2, 0.25) is 5.91 Å². The Kier molecular flexibility index (Phi) is 2.99. The summed E-state index contributed by atoms with van der Waals surface area (Å²) in [5.74, 6) is 0.126. The number of hydrogen-bond acceptors (Lipinski definition) is 3. The Balaban J connectivity index is 2.32. The van der Waals surface area contributed by atoms with E-state index in [2.05, 4.69) is 10.1 Å². The molecule has 0 bridgehead atoms. The molecule has 2 heterocycles. The lowest BCUT2D eigenvalue weighted by molar-refractivity contribution is -0.135. The van der Waals surface area contributed by atoms with E-state index in [1.165, 1.54) is 0 Å². The number of carbonyl (C=O) groups is 1. The van der Waals surface area contributed by atoms with E-state index in [0.717, 1.165) is 11.3 Å². The Morgan fingerprint density at radius 2 is 2.12 bits per heavy atom. The van der Waals surface area contributed by atoms with Crippen LogP contribution < -0.4 is 0 Å². The molecule has 1 aliphatic rings. The Hall–Kier alpha value is -1.71. The van der Waals surface area contributed by atoms with Crippen molar-refractivity contribution < 1.29 is 4.79 Å². The number of nitrogens with zero attached hydrogens (tertiary/aromatic N) is 3. The van der Waals surface area contributed by atoms with Crippen LogP contribution >= 0.6 is 0 Å². The summed E-state index contributed by atoms with van der Waals surface area (Å²) >= 11 is 0. The van der Waals surface area contributed by atoms with Crippen molar-refractivity contribution in [1.82, 2.24) is 9.99 Å². The first-order valence-electron chi connectivity index (χ1n) is 5.51. The van der Waals surface area contributed by atoms with Gasteiger partial charge >= 0.3 is 0 Å². The molecule has 0 N–H and O–H groups in total. The summed E-state index contributed by atoms with van der Waals surface area (Å²) in [5, 5.41) is 5.92. The summed E-state index contributed by atoms with van der Waals surface area (Å²) in [4.78, 5) is 15.7. The molecule has 1 atom stereocenters. The molecule has 1 aromatic rings. The van der Waals surface area contributed by atoms with Crippen LogP contribution in [0.2, 0.25) is 0 Å². The largest absolute Gasteiger partial charge is 0.273 e. The molecule has 0 aromatic carbocycles. The average molecular weight is 217 g/mol. The van der Waals surface area contributed by atoms with Gasteiger partial charge in [0.05, 0.1) is 5.71 Å². The SMILES string of the molecule is CCN1N=C(c2ccncc2)CC(C)C1=O. The zero-order valence-corrected chi connectivity index (χ0v) is 9.55. The molecule has 0 radical (unpaired) electrons. The van der Waals surface area contributed by atoms with Gasteiger partial charge in [0.15, 0.2) is 0 Å². The zero-order valence-electron chi connectivity index (χ0n) is 9.55. The first-order chi connectivity index (χ1) is 7.72. The highest BCUT2D eigenvalue weighted by Crippen LogP contribution is 2.19. The second kappa shape index (κ2) is 4.43. The van der Waals surface area contributed by atoms with E-state index in [1.807, 2.05) is 26.0 Å². The van der Waals surface area contributed by atoms with Gasteiger partial charge < -0.3 is 0 Å². The molecule has 1 unspecified atom stereocenters. The van der Waals surface area contributed by atoms with Crippen LogP contribution in [0.3, 0.4) is 0 Å². The van der Waals surface area contributed by atoms with Crippen LogP contribution in [0.1, 0.15) is 25.8 Å². The molecule has 16 heavy (non-hydrogen) atoms. The Morgan fingerprint density at radius 3 is 2.75 bits per heavy atom. The maximum Gasteiger partial charge on any atom is 0.245 e. The number of rotatable bonds is 2. The highest BCUT2D eigenvalue weighted by molar-refractivity contribution is 6.04. The molecule has 84 valence electrons. The highest BCUT2D eigenvalue weighted by Gasteiger charge is 2.26. The Morgan fingerprint density at radius 1 is 1.44 bits per heavy atom. The van der Waals surface area contributed by atoms with Crippen molar-refractivity contribution in [2.45, 2.75) is 20.3 Å². The molecule has 0 saturated heterocycles. The standard InChI is InChI=1S/C12H15N3O/c1-3-15-12(16)9(2)8-11(14-15)10-4-6-13-7-5-10/h4-7,9H,3,8H2,1-2H3. The lowest BCUT2D eigenvalue weighted by Crippen LogP contribution is -2.37. The van der Waals surface area contributed by atoms with Crippen molar-refractivity contribution in [2.75, 3.05) is 6.54 Å². The first-order valence-corrected chi connectivity index (χ1v) is 5.51. The predicted octanol–water partition coefficient (Wildman–Crippen LogP) is 1.67. The normalized spacial score (nSPS) is 20.9.